The van der Waals surface area contributed by atoms with Crippen LogP contribution >= 0.6 is 0 Å². The normalized spacial score (nSPS) is 26.3. The van der Waals surface area contributed by atoms with Gasteiger partial charge < -0.3 is 9.47 Å². The van der Waals surface area contributed by atoms with Crippen LogP contribution in [0.2, 0.25) is 0 Å². The molecule has 2 saturated heterocycles. The molecule has 0 aliphatic carbocycles. The maximum absolute atomic E-state index is 13.4. The average Bonchev–Trinajstić information content (AvgIpc) is 3.11. The van der Waals surface area contributed by atoms with Crippen molar-refractivity contribution in [3.8, 4) is 5.75 Å². The number of nitrogens with one attached hydrogen (secondary N) is 2. The first-order valence-electron chi connectivity index (χ1n) is 11.8. The van der Waals surface area contributed by atoms with E-state index in [0.29, 0.717) is 25.0 Å². The van der Waals surface area contributed by atoms with Crippen LogP contribution in [0.3, 0.4) is 0 Å². The number of rotatable bonds is 9. The summed E-state index contributed by atoms with van der Waals surface area (Å²) < 4.78 is 89.1. The fourth-order valence-corrected chi connectivity index (χ4v) is 4.43. The number of fused-ring (bicyclic) bond motifs is 1. The van der Waals surface area contributed by atoms with Gasteiger partial charge >= 0.3 is 18.3 Å². The molecule has 4 atom stereocenters. The third-order valence-corrected chi connectivity index (χ3v) is 6.35. The van der Waals surface area contributed by atoms with Crippen LogP contribution < -0.4 is 21.3 Å². The summed E-state index contributed by atoms with van der Waals surface area (Å²) >= 11 is 0. The van der Waals surface area contributed by atoms with Gasteiger partial charge in [0.25, 0.3) is 0 Å². The summed E-state index contributed by atoms with van der Waals surface area (Å²) in [5.74, 6) is -3.96. The molecule has 3 rings (SSSR count). The number of benzene rings is 1. The highest BCUT2D eigenvalue weighted by molar-refractivity contribution is 5.97. The van der Waals surface area contributed by atoms with Crippen LogP contribution in [0.25, 0.3) is 0 Å². The highest BCUT2D eigenvalue weighted by atomic mass is 19.4. The molecule has 214 valence electrons. The lowest BCUT2D eigenvalue weighted by molar-refractivity contribution is -1.13. The van der Waals surface area contributed by atoms with Crippen LogP contribution in [-0.4, -0.2) is 66.1 Å². The molecule has 0 amide bonds. The number of nitrogens with two attached hydrogens (primary N) is 1. The van der Waals surface area contributed by atoms with Crippen LogP contribution in [0.15, 0.2) is 18.2 Å². The predicted octanol–water partition coefficient (Wildman–Crippen LogP) is 2.95. The Bertz CT molecular complexity index is 1020. The smallest absolute Gasteiger partial charge is 0.497 e. The number of hydrazine groups is 1. The van der Waals surface area contributed by atoms with Crippen LogP contribution in [-0.2, 0) is 20.5 Å². The lowest BCUT2D eigenvalue weighted by Gasteiger charge is -2.40. The van der Waals surface area contributed by atoms with Gasteiger partial charge in [-0.05, 0) is 42.2 Å². The van der Waals surface area contributed by atoms with Crippen molar-refractivity contribution in [2.75, 3.05) is 13.7 Å². The Morgan fingerprint density at radius 1 is 1.13 bits per heavy atom. The Morgan fingerprint density at radius 2 is 1.79 bits per heavy atom. The molecule has 1 aromatic carbocycles. The minimum Gasteiger partial charge on any atom is -0.497 e. The van der Waals surface area contributed by atoms with Gasteiger partial charge in [0.15, 0.2) is 6.29 Å². The number of carbonyl (C=O) groups excluding carboxylic acids is 2. The van der Waals surface area contributed by atoms with Crippen molar-refractivity contribution in [3.63, 3.8) is 0 Å². The van der Waals surface area contributed by atoms with Gasteiger partial charge in [-0.1, -0.05) is 19.3 Å². The zero-order valence-corrected chi connectivity index (χ0v) is 20.9. The second kappa shape index (κ2) is 11.3. The van der Waals surface area contributed by atoms with Gasteiger partial charge in [-0.2, -0.15) is 26.3 Å². The summed E-state index contributed by atoms with van der Waals surface area (Å²) in [5.41, 5.74) is 9.81. The van der Waals surface area contributed by atoms with E-state index in [4.69, 9.17) is 20.0 Å². The van der Waals surface area contributed by atoms with E-state index < -0.39 is 65.2 Å². The van der Waals surface area contributed by atoms with E-state index in [1.165, 1.54) is 5.01 Å². The molecule has 4 unspecified atom stereocenters. The van der Waals surface area contributed by atoms with Crippen molar-refractivity contribution in [2.24, 2.45) is 5.73 Å². The van der Waals surface area contributed by atoms with Crippen LogP contribution in [0.4, 0.5) is 26.3 Å². The van der Waals surface area contributed by atoms with Gasteiger partial charge in [0.2, 0.25) is 18.5 Å². The molecule has 0 saturated carbocycles. The number of hydrogen-bond acceptors (Lipinski definition) is 9. The topological polar surface area (TPSA) is 115 Å². The molecule has 0 radical (unpaired) electrons. The summed E-state index contributed by atoms with van der Waals surface area (Å²) in [7, 11) is 1.09. The van der Waals surface area contributed by atoms with Gasteiger partial charge in [0.05, 0.1) is 18.8 Å². The first-order chi connectivity index (χ1) is 17.6. The lowest BCUT2D eigenvalue weighted by atomic mass is 10.1. The number of quaternary nitrogens is 1. The third kappa shape index (κ3) is 6.55. The molecule has 0 aromatic heterocycles. The van der Waals surface area contributed by atoms with Gasteiger partial charge in [-0.15, -0.1) is 5.01 Å². The summed E-state index contributed by atoms with van der Waals surface area (Å²) in [5, 5.41) is 1.28. The molecule has 4 N–H and O–H groups in total. The molecule has 2 heterocycles. The standard InChI is InChI=1S/C22H30F6N5O5/c1-4-14(5-2)37-17-6-7-18-32(30-17)20(29)31-33(18,38-19(35)22(26,27)28)11-16(34)12-8-13(21(23,24)25)10-15(9-12)36-3/h8-10,14,17-18,20,30-31H,4-7,11,29H2,1-3H3/q+1. The number of halogens is 6. The largest absolute Gasteiger partial charge is 0.497 e. The monoisotopic (exact) mass is 558 g/mol. The Labute approximate surface area is 214 Å². The summed E-state index contributed by atoms with van der Waals surface area (Å²) in [6.07, 6.45) is -11.6. The maximum Gasteiger partial charge on any atom is 0.497 e. The number of hydrogen-bond donors (Lipinski definition) is 3. The van der Waals surface area contributed by atoms with E-state index in [2.05, 4.69) is 10.9 Å². The number of carbonyl (C=O) groups is 2. The van der Waals surface area contributed by atoms with Crippen molar-refractivity contribution in [1.82, 2.24) is 15.9 Å². The summed E-state index contributed by atoms with van der Waals surface area (Å²) in [6.45, 7) is 2.85. The molecule has 2 fully saturated rings. The molecular formula is C22H30F6N5O5+. The van der Waals surface area contributed by atoms with Gasteiger partial charge in [-0.25, -0.2) is 15.1 Å². The Morgan fingerprint density at radius 3 is 2.34 bits per heavy atom. The Hall–Kier alpha value is -2.50. The van der Waals surface area contributed by atoms with Crippen molar-refractivity contribution in [3.05, 3.63) is 29.3 Å². The first-order valence-corrected chi connectivity index (χ1v) is 11.8. The highest BCUT2D eigenvalue weighted by Crippen LogP contribution is 2.35. The van der Waals surface area contributed by atoms with Crippen LogP contribution in [0.1, 0.15) is 55.5 Å². The molecule has 2 aliphatic heterocycles. The zero-order valence-electron chi connectivity index (χ0n) is 20.9. The minimum absolute atomic E-state index is 0.0584. The number of hydroxylamine groups is 2. The number of methoxy groups -OCH3 is 1. The zero-order chi connectivity index (χ0) is 28.5. The van der Waals surface area contributed by atoms with Crippen molar-refractivity contribution in [1.29, 1.82) is 0 Å². The van der Waals surface area contributed by atoms with Gasteiger partial charge in [-0.3, -0.25) is 10.5 Å². The molecule has 0 bridgehead atoms. The van der Waals surface area contributed by atoms with Crippen molar-refractivity contribution < 1.29 is 55.0 Å². The second-order valence-electron chi connectivity index (χ2n) is 8.93. The average molecular weight is 559 g/mol. The first kappa shape index (κ1) is 30.0. The fraction of sp³-hybridized carbons (Fsp3) is 0.636. The molecule has 0 spiro atoms. The summed E-state index contributed by atoms with van der Waals surface area (Å²) in [6, 6.07) is 2.22. The maximum atomic E-state index is 13.4. The molecule has 10 nitrogen and oxygen atoms in total. The third-order valence-electron chi connectivity index (χ3n) is 6.35. The molecule has 38 heavy (non-hydrogen) atoms. The lowest BCUT2D eigenvalue weighted by Crippen LogP contribution is -2.66. The molecule has 1 aromatic rings. The SMILES string of the molecule is CCC(CC)OC1CCC2N(N1)C(N)N[N+]2(CC(=O)c1cc(OC)cc(C(F)(F)F)c1)OC(=O)C(F)(F)F. The van der Waals surface area contributed by atoms with Crippen molar-refractivity contribution >= 4 is 11.8 Å². The Kier molecular flexibility index (Phi) is 8.95. The number of ether oxygens (including phenoxy) is 2. The quantitative estimate of drug-likeness (QED) is 0.239. The second-order valence-corrected chi connectivity index (χ2v) is 8.93. The number of Topliss-reactive ketones (excluding diaryl/α,β-unsaturated/α-hetero) is 1. The summed E-state index contributed by atoms with van der Waals surface area (Å²) in [4.78, 5) is 29.9. The van der Waals surface area contributed by atoms with E-state index in [-0.39, 0.29) is 24.7 Å². The number of nitrogens with zero attached hydrogens (tertiary/aromatic N) is 2. The fourth-order valence-electron chi connectivity index (χ4n) is 4.43. The van der Waals surface area contributed by atoms with Gasteiger partial charge in [0, 0.05) is 12.0 Å². The highest BCUT2D eigenvalue weighted by Gasteiger charge is 2.61. The molecule has 2 aliphatic rings. The van der Waals surface area contributed by atoms with Gasteiger partial charge in [0.1, 0.15) is 12.0 Å². The minimum atomic E-state index is -5.42. The number of ketones is 1. The molecular weight excluding hydrogens is 528 g/mol. The number of alkyl halides is 6. The van der Waals surface area contributed by atoms with Crippen LogP contribution in [0, 0.1) is 0 Å². The van der Waals surface area contributed by atoms with Crippen molar-refractivity contribution in [2.45, 2.75) is 76.7 Å². The molecule has 16 heteroatoms. The van der Waals surface area contributed by atoms with E-state index >= 15 is 0 Å². The van der Waals surface area contributed by atoms with Crippen LogP contribution in [0.5, 0.6) is 5.75 Å². The Balaban J connectivity index is 1.94. The van der Waals surface area contributed by atoms with E-state index in [0.717, 1.165) is 13.2 Å². The van der Waals surface area contributed by atoms with E-state index in [9.17, 15) is 35.9 Å². The predicted molar refractivity (Wildman–Crippen MR) is 118 cm³/mol. The van der Waals surface area contributed by atoms with E-state index in [1.807, 2.05) is 13.8 Å². The van der Waals surface area contributed by atoms with E-state index in [1.54, 1.807) is 0 Å².